The fraction of sp³-hybridized carbons (Fsp3) is 1.00. The number of aliphatic hydroxyl groups excluding tert-OH is 1. The van der Waals surface area contributed by atoms with Crippen molar-refractivity contribution in [1.82, 2.24) is 0 Å². The van der Waals surface area contributed by atoms with Gasteiger partial charge in [0.25, 0.3) is 0 Å². The summed E-state index contributed by atoms with van der Waals surface area (Å²) in [5.41, 5.74) is -0.121. The van der Waals surface area contributed by atoms with Crippen molar-refractivity contribution in [3.63, 3.8) is 0 Å². The maximum absolute atomic E-state index is 11.0. The molecule has 2 N–H and O–H groups in total. The van der Waals surface area contributed by atoms with E-state index in [1.54, 1.807) is 0 Å². The topological polar surface area (TPSA) is 40.5 Å². The summed E-state index contributed by atoms with van der Waals surface area (Å²) in [5.74, 6) is 1.16. The van der Waals surface area contributed by atoms with Gasteiger partial charge in [-0.25, -0.2) is 0 Å². The number of aliphatic hydroxyl groups is 2. The third-order valence-corrected chi connectivity index (χ3v) is 6.32. The Morgan fingerprint density at radius 1 is 1.00 bits per heavy atom. The molecule has 3 rings (SSSR count). The van der Waals surface area contributed by atoms with Gasteiger partial charge in [0.05, 0.1) is 11.7 Å². The molecule has 0 aromatic rings. The lowest BCUT2D eigenvalue weighted by molar-refractivity contribution is -0.176. The fourth-order valence-corrected chi connectivity index (χ4v) is 5.10. The molecule has 0 aliphatic heterocycles. The molecule has 3 saturated carbocycles. The van der Waals surface area contributed by atoms with E-state index in [0.717, 1.165) is 25.7 Å². The van der Waals surface area contributed by atoms with Crippen molar-refractivity contribution in [2.45, 2.75) is 71.0 Å². The number of hydrogen-bond acceptors (Lipinski definition) is 2. The van der Waals surface area contributed by atoms with Crippen molar-refractivity contribution < 1.29 is 10.2 Å². The minimum absolute atomic E-state index is 0.0413. The molecular weight excluding hydrogens is 212 g/mol. The molecule has 0 radical (unpaired) electrons. The molecule has 0 saturated heterocycles. The monoisotopic (exact) mass is 238 g/mol. The van der Waals surface area contributed by atoms with Gasteiger partial charge in [-0.1, -0.05) is 20.8 Å². The number of hydrogen-bond donors (Lipinski definition) is 2. The first-order valence-corrected chi connectivity index (χ1v) is 7.17. The van der Waals surface area contributed by atoms with Gasteiger partial charge in [-0.05, 0) is 61.2 Å². The molecule has 3 aliphatic rings. The van der Waals surface area contributed by atoms with Crippen molar-refractivity contribution in [1.29, 1.82) is 0 Å². The van der Waals surface area contributed by atoms with Crippen molar-refractivity contribution in [3.8, 4) is 0 Å². The lowest BCUT2D eigenvalue weighted by Gasteiger charge is -2.58. The zero-order valence-electron chi connectivity index (χ0n) is 11.4. The van der Waals surface area contributed by atoms with Crippen LogP contribution >= 0.6 is 0 Å². The Labute approximate surface area is 104 Å². The van der Waals surface area contributed by atoms with E-state index in [9.17, 15) is 10.2 Å². The third kappa shape index (κ3) is 1.53. The summed E-state index contributed by atoms with van der Waals surface area (Å²) in [6, 6.07) is 0. The van der Waals surface area contributed by atoms with E-state index in [1.807, 2.05) is 0 Å². The summed E-state index contributed by atoms with van der Waals surface area (Å²) in [7, 11) is 0. The molecule has 5 atom stereocenters. The average Bonchev–Trinajstić information content (AvgIpc) is 2.28. The lowest BCUT2D eigenvalue weighted by Crippen LogP contribution is -2.57. The smallest absolute Gasteiger partial charge is 0.0686 e. The van der Waals surface area contributed by atoms with E-state index >= 15 is 0 Å². The van der Waals surface area contributed by atoms with E-state index in [1.165, 1.54) is 12.8 Å². The summed E-state index contributed by atoms with van der Waals surface area (Å²) in [6.07, 6.45) is 5.65. The highest BCUT2D eigenvalue weighted by atomic mass is 16.3. The molecule has 2 heteroatoms. The SMILES string of the molecule is CC1(C)CC2[C@H]1CC[C@@]1(C)C[C@]2(O)CC[C@@H]1O. The van der Waals surface area contributed by atoms with Gasteiger partial charge in [-0.3, -0.25) is 0 Å². The molecule has 0 heterocycles. The Kier molecular flexibility index (Phi) is 2.30. The second-order valence-corrected chi connectivity index (χ2v) is 7.93. The van der Waals surface area contributed by atoms with Crippen LogP contribution in [-0.2, 0) is 0 Å². The predicted molar refractivity (Wildman–Crippen MR) is 67.5 cm³/mol. The van der Waals surface area contributed by atoms with Gasteiger partial charge in [0.2, 0.25) is 0 Å². The number of fused-ring (bicyclic) bond motifs is 4. The quantitative estimate of drug-likeness (QED) is 0.681. The van der Waals surface area contributed by atoms with E-state index in [-0.39, 0.29) is 11.5 Å². The molecule has 0 aromatic carbocycles. The first kappa shape index (κ1) is 12.0. The maximum atomic E-state index is 11.0. The normalized spacial score (nSPS) is 56.6. The van der Waals surface area contributed by atoms with Crippen molar-refractivity contribution in [2.24, 2.45) is 22.7 Å². The summed E-state index contributed by atoms with van der Waals surface area (Å²) < 4.78 is 0. The molecule has 0 spiro atoms. The van der Waals surface area contributed by atoms with Crippen LogP contribution in [0.25, 0.3) is 0 Å². The highest BCUT2D eigenvalue weighted by molar-refractivity contribution is 5.12. The van der Waals surface area contributed by atoms with Crippen molar-refractivity contribution in [2.75, 3.05) is 0 Å². The Morgan fingerprint density at radius 3 is 2.35 bits per heavy atom. The lowest BCUT2D eigenvalue weighted by atomic mass is 9.49. The van der Waals surface area contributed by atoms with E-state index in [4.69, 9.17) is 0 Å². The molecule has 3 fully saturated rings. The zero-order valence-corrected chi connectivity index (χ0v) is 11.4. The molecule has 0 amide bonds. The van der Waals surface area contributed by atoms with E-state index in [2.05, 4.69) is 20.8 Å². The Bertz CT molecular complexity index is 338. The highest BCUT2D eigenvalue weighted by Crippen LogP contribution is 2.64. The second-order valence-electron chi connectivity index (χ2n) is 7.93. The third-order valence-electron chi connectivity index (χ3n) is 6.32. The highest BCUT2D eigenvalue weighted by Gasteiger charge is 2.61. The van der Waals surface area contributed by atoms with Gasteiger partial charge in [0.15, 0.2) is 0 Å². The van der Waals surface area contributed by atoms with Gasteiger partial charge < -0.3 is 10.2 Å². The van der Waals surface area contributed by atoms with Crippen LogP contribution in [0.1, 0.15) is 59.3 Å². The second kappa shape index (κ2) is 3.27. The van der Waals surface area contributed by atoms with Gasteiger partial charge in [-0.2, -0.15) is 0 Å². The van der Waals surface area contributed by atoms with Crippen LogP contribution in [0.2, 0.25) is 0 Å². The van der Waals surface area contributed by atoms with Crippen LogP contribution < -0.4 is 0 Å². The largest absolute Gasteiger partial charge is 0.393 e. The van der Waals surface area contributed by atoms with Gasteiger partial charge >= 0.3 is 0 Å². The molecule has 2 nitrogen and oxygen atoms in total. The molecule has 98 valence electrons. The molecular formula is C15H26O2. The molecule has 2 bridgehead atoms. The summed E-state index contributed by atoms with van der Waals surface area (Å²) in [6.45, 7) is 6.86. The van der Waals surface area contributed by atoms with Gasteiger partial charge in [-0.15, -0.1) is 0 Å². The van der Waals surface area contributed by atoms with Crippen LogP contribution in [-0.4, -0.2) is 21.9 Å². The van der Waals surface area contributed by atoms with Crippen molar-refractivity contribution >= 4 is 0 Å². The first-order chi connectivity index (χ1) is 7.77. The van der Waals surface area contributed by atoms with Crippen LogP contribution in [0.4, 0.5) is 0 Å². The van der Waals surface area contributed by atoms with Gasteiger partial charge in [0, 0.05) is 0 Å². The minimum atomic E-state index is -0.481. The van der Waals surface area contributed by atoms with Crippen LogP contribution in [0.3, 0.4) is 0 Å². The molecule has 1 unspecified atom stereocenters. The van der Waals surface area contributed by atoms with Crippen molar-refractivity contribution in [3.05, 3.63) is 0 Å². The molecule has 0 aromatic heterocycles. The van der Waals surface area contributed by atoms with Gasteiger partial charge in [0.1, 0.15) is 0 Å². The molecule has 3 aliphatic carbocycles. The maximum Gasteiger partial charge on any atom is 0.0686 e. The summed E-state index contributed by atoms with van der Waals surface area (Å²) in [5, 5.41) is 21.2. The molecule has 17 heavy (non-hydrogen) atoms. The Hall–Kier alpha value is -0.0800. The Morgan fingerprint density at radius 2 is 1.71 bits per heavy atom. The fourth-order valence-electron chi connectivity index (χ4n) is 5.10. The Balaban J connectivity index is 1.93. The first-order valence-electron chi connectivity index (χ1n) is 7.17. The average molecular weight is 238 g/mol. The number of rotatable bonds is 0. The van der Waals surface area contributed by atoms with E-state index < -0.39 is 5.60 Å². The van der Waals surface area contributed by atoms with E-state index in [0.29, 0.717) is 17.3 Å². The van der Waals surface area contributed by atoms with Crippen LogP contribution in [0.5, 0.6) is 0 Å². The minimum Gasteiger partial charge on any atom is -0.393 e. The standard InChI is InChI=1S/C15H26O2/c1-13(2)8-11-10(13)4-6-14(3)9-15(11,17)7-5-12(14)16/h10-12,16-17H,4-9H2,1-3H3/t10-,11?,12+,14+,15-/m1/s1. The summed E-state index contributed by atoms with van der Waals surface area (Å²) in [4.78, 5) is 0. The predicted octanol–water partition coefficient (Wildman–Crippen LogP) is 2.72. The zero-order chi connectivity index (χ0) is 12.5. The summed E-state index contributed by atoms with van der Waals surface area (Å²) >= 11 is 0. The van der Waals surface area contributed by atoms with Crippen LogP contribution in [0.15, 0.2) is 0 Å². The van der Waals surface area contributed by atoms with Crippen LogP contribution in [0, 0.1) is 22.7 Å².